The van der Waals surface area contributed by atoms with E-state index in [1.54, 1.807) is 30.3 Å². The second-order valence-corrected chi connectivity index (χ2v) is 5.60. The van der Waals surface area contributed by atoms with Crippen LogP contribution in [0.25, 0.3) is 11.3 Å². The smallest absolute Gasteiger partial charge is 0.287 e. The number of amides is 2. The Labute approximate surface area is 148 Å². The summed E-state index contributed by atoms with van der Waals surface area (Å²) in [6.45, 7) is 0.553. The highest BCUT2D eigenvalue weighted by atomic mass is 35.5. The fourth-order valence-electron chi connectivity index (χ4n) is 2.18. The number of nitrogens with one attached hydrogen (secondary N) is 3. The van der Waals surface area contributed by atoms with Gasteiger partial charge in [-0.05, 0) is 30.3 Å². The summed E-state index contributed by atoms with van der Waals surface area (Å²) >= 11 is 5.95. The van der Waals surface area contributed by atoms with Crippen molar-refractivity contribution in [2.24, 2.45) is 0 Å². The first-order chi connectivity index (χ1) is 12.1. The van der Waals surface area contributed by atoms with Crippen LogP contribution in [0.2, 0.25) is 5.02 Å². The summed E-state index contributed by atoms with van der Waals surface area (Å²) in [5.74, 6) is -0.414. The maximum atomic E-state index is 12.1. The van der Waals surface area contributed by atoms with Crippen LogP contribution >= 0.6 is 11.6 Å². The number of halogens is 1. The van der Waals surface area contributed by atoms with Crippen molar-refractivity contribution in [3.8, 4) is 11.3 Å². The number of nitrogens with zero attached hydrogens (tertiary/aromatic N) is 1. The number of aromatic nitrogens is 2. The first kappa shape index (κ1) is 16.8. The van der Waals surface area contributed by atoms with E-state index in [-0.39, 0.29) is 30.7 Å². The molecule has 0 bridgehead atoms. The molecule has 7 nitrogen and oxygen atoms in total. The van der Waals surface area contributed by atoms with Crippen LogP contribution in [0.4, 0.5) is 0 Å². The van der Waals surface area contributed by atoms with Gasteiger partial charge in [0.25, 0.3) is 11.8 Å². The lowest BCUT2D eigenvalue weighted by atomic mass is 10.1. The summed E-state index contributed by atoms with van der Waals surface area (Å²) in [5.41, 5.74) is 1.76. The van der Waals surface area contributed by atoms with Gasteiger partial charge < -0.3 is 15.1 Å². The summed E-state index contributed by atoms with van der Waals surface area (Å²) in [5, 5.41) is 12.7. The second kappa shape index (κ2) is 7.67. The van der Waals surface area contributed by atoms with Crippen LogP contribution in [0.1, 0.15) is 21.0 Å². The van der Waals surface area contributed by atoms with E-state index in [0.29, 0.717) is 16.4 Å². The first-order valence-corrected chi connectivity index (χ1v) is 7.92. The molecule has 0 fully saturated rings. The number of H-pyrrole nitrogens is 1. The zero-order valence-corrected chi connectivity index (χ0v) is 13.8. The third kappa shape index (κ3) is 4.27. The minimum absolute atomic E-state index is 0.228. The van der Waals surface area contributed by atoms with Crippen molar-refractivity contribution in [2.75, 3.05) is 13.1 Å². The molecule has 0 atom stereocenters. The number of aromatic amines is 1. The van der Waals surface area contributed by atoms with Crippen molar-refractivity contribution in [3.05, 3.63) is 65.2 Å². The van der Waals surface area contributed by atoms with Gasteiger partial charge in [0.05, 0.1) is 12.0 Å². The van der Waals surface area contributed by atoms with Crippen molar-refractivity contribution >= 4 is 23.4 Å². The van der Waals surface area contributed by atoms with Gasteiger partial charge in [0, 0.05) is 23.7 Å². The van der Waals surface area contributed by atoms with Crippen molar-refractivity contribution in [2.45, 2.75) is 0 Å². The zero-order chi connectivity index (χ0) is 17.6. The monoisotopic (exact) mass is 358 g/mol. The van der Waals surface area contributed by atoms with Crippen molar-refractivity contribution < 1.29 is 14.0 Å². The van der Waals surface area contributed by atoms with E-state index in [1.165, 1.54) is 6.26 Å². The molecule has 2 heterocycles. The molecule has 0 aliphatic heterocycles. The van der Waals surface area contributed by atoms with E-state index in [2.05, 4.69) is 20.8 Å². The third-order valence-electron chi connectivity index (χ3n) is 3.38. The SMILES string of the molecule is O=C(NCCNC(=O)c1ccco1)c1cc(-c2cccc(Cl)c2)n[nH]1. The summed E-state index contributed by atoms with van der Waals surface area (Å²) < 4.78 is 4.97. The average Bonchev–Trinajstić information content (AvgIpc) is 3.30. The molecule has 3 N–H and O–H groups in total. The molecule has 0 saturated heterocycles. The molecule has 25 heavy (non-hydrogen) atoms. The van der Waals surface area contributed by atoms with Crippen LogP contribution in [0.5, 0.6) is 0 Å². The van der Waals surface area contributed by atoms with Gasteiger partial charge >= 0.3 is 0 Å². The topological polar surface area (TPSA) is 100 Å². The molecule has 3 rings (SSSR count). The molecule has 2 aromatic heterocycles. The number of furan rings is 1. The van der Waals surface area contributed by atoms with E-state index in [4.69, 9.17) is 16.0 Å². The maximum Gasteiger partial charge on any atom is 0.287 e. The number of hydrogen-bond donors (Lipinski definition) is 3. The summed E-state index contributed by atoms with van der Waals surface area (Å²) in [6.07, 6.45) is 1.42. The standard InChI is InChI=1S/C17H15ClN4O3/c18-12-4-1-3-11(9-12)13-10-14(22-21-13)16(23)19-6-7-20-17(24)15-5-2-8-25-15/h1-5,8-10H,6-7H2,(H,19,23)(H,20,24)(H,21,22). The predicted molar refractivity (Wildman–Crippen MR) is 92.4 cm³/mol. The van der Waals surface area contributed by atoms with Gasteiger partial charge in [-0.2, -0.15) is 5.10 Å². The largest absolute Gasteiger partial charge is 0.459 e. The highest BCUT2D eigenvalue weighted by molar-refractivity contribution is 6.30. The lowest BCUT2D eigenvalue weighted by Crippen LogP contribution is -2.34. The fourth-order valence-corrected chi connectivity index (χ4v) is 2.37. The van der Waals surface area contributed by atoms with Gasteiger partial charge in [-0.3, -0.25) is 14.7 Å². The fraction of sp³-hybridized carbons (Fsp3) is 0.118. The molecular formula is C17H15ClN4O3. The van der Waals surface area contributed by atoms with Crippen molar-refractivity contribution in [1.82, 2.24) is 20.8 Å². The lowest BCUT2D eigenvalue weighted by molar-refractivity contribution is 0.0909. The van der Waals surface area contributed by atoms with Crippen LogP contribution < -0.4 is 10.6 Å². The minimum atomic E-state index is -0.330. The highest BCUT2D eigenvalue weighted by Gasteiger charge is 2.11. The van der Waals surface area contributed by atoms with E-state index in [0.717, 1.165) is 5.56 Å². The lowest BCUT2D eigenvalue weighted by Gasteiger charge is -2.04. The average molecular weight is 359 g/mol. The van der Waals surface area contributed by atoms with Crippen LogP contribution in [-0.4, -0.2) is 35.1 Å². The Morgan fingerprint density at radius 2 is 1.88 bits per heavy atom. The van der Waals surface area contributed by atoms with Gasteiger partial charge in [0.15, 0.2) is 5.76 Å². The molecule has 8 heteroatoms. The Bertz CT molecular complexity index is 874. The minimum Gasteiger partial charge on any atom is -0.459 e. The van der Waals surface area contributed by atoms with Gasteiger partial charge in [0.2, 0.25) is 0 Å². The van der Waals surface area contributed by atoms with E-state index < -0.39 is 0 Å². The Morgan fingerprint density at radius 1 is 1.08 bits per heavy atom. The van der Waals surface area contributed by atoms with Gasteiger partial charge in [-0.25, -0.2) is 0 Å². The molecule has 128 valence electrons. The number of rotatable bonds is 6. The third-order valence-corrected chi connectivity index (χ3v) is 3.62. The number of benzene rings is 1. The summed E-state index contributed by atoms with van der Waals surface area (Å²) in [4.78, 5) is 23.8. The summed E-state index contributed by atoms with van der Waals surface area (Å²) in [7, 11) is 0. The molecule has 0 aliphatic carbocycles. The van der Waals surface area contributed by atoms with Crippen LogP contribution in [0, 0.1) is 0 Å². The van der Waals surface area contributed by atoms with Gasteiger partial charge in [-0.1, -0.05) is 23.7 Å². The van der Waals surface area contributed by atoms with E-state index in [1.807, 2.05) is 12.1 Å². The first-order valence-electron chi connectivity index (χ1n) is 7.55. The van der Waals surface area contributed by atoms with Crippen molar-refractivity contribution in [3.63, 3.8) is 0 Å². The number of carbonyl (C=O) groups is 2. The van der Waals surface area contributed by atoms with Crippen LogP contribution in [-0.2, 0) is 0 Å². The molecule has 0 radical (unpaired) electrons. The highest BCUT2D eigenvalue weighted by Crippen LogP contribution is 2.21. The Balaban J connectivity index is 1.50. The normalized spacial score (nSPS) is 10.4. The molecule has 0 saturated carbocycles. The Kier molecular flexibility index (Phi) is 5.15. The number of carbonyl (C=O) groups excluding carboxylic acids is 2. The van der Waals surface area contributed by atoms with Crippen LogP contribution in [0.15, 0.2) is 53.1 Å². The van der Waals surface area contributed by atoms with Crippen molar-refractivity contribution in [1.29, 1.82) is 0 Å². The van der Waals surface area contributed by atoms with Gasteiger partial charge in [-0.15, -0.1) is 0 Å². The molecule has 0 spiro atoms. The molecule has 0 unspecified atom stereocenters. The molecule has 3 aromatic rings. The summed E-state index contributed by atoms with van der Waals surface area (Å²) in [6, 6.07) is 12.0. The second-order valence-electron chi connectivity index (χ2n) is 5.17. The Morgan fingerprint density at radius 3 is 2.60 bits per heavy atom. The molecule has 1 aromatic carbocycles. The predicted octanol–water partition coefficient (Wildman–Crippen LogP) is 2.48. The maximum absolute atomic E-state index is 12.1. The zero-order valence-electron chi connectivity index (χ0n) is 13.1. The van der Waals surface area contributed by atoms with Gasteiger partial charge in [0.1, 0.15) is 5.69 Å². The van der Waals surface area contributed by atoms with E-state index >= 15 is 0 Å². The molecule has 0 aliphatic rings. The Hall–Kier alpha value is -3.06. The van der Waals surface area contributed by atoms with E-state index in [9.17, 15) is 9.59 Å². The number of hydrogen-bond acceptors (Lipinski definition) is 4. The molecular weight excluding hydrogens is 344 g/mol. The quantitative estimate of drug-likeness (QED) is 0.589. The van der Waals surface area contributed by atoms with Crippen LogP contribution in [0.3, 0.4) is 0 Å². The molecule has 2 amide bonds.